The summed E-state index contributed by atoms with van der Waals surface area (Å²) in [6.07, 6.45) is 11.5. The summed E-state index contributed by atoms with van der Waals surface area (Å²) in [7, 11) is 0. The predicted molar refractivity (Wildman–Crippen MR) is 103 cm³/mol. The minimum Gasteiger partial charge on any atom is -0.316 e. The van der Waals surface area contributed by atoms with Gasteiger partial charge in [0.25, 0.3) is 0 Å². The number of hydrogen-bond acceptors (Lipinski definition) is 4. The largest absolute Gasteiger partial charge is 0.316 e. The van der Waals surface area contributed by atoms with Gasteiger partial charge in [0.1, 0.15) is 11.1 Å². The van der Waals surface area contributed by atoms with Crippen LogP contribution in [0.1, 0.15) is 60.9 Å². The number of nitrogens with one attached hydrogen (secondary N) is 1. The zero-order valence-electron chi connectivity index (χ0n) is 14.5. The lowest BCUT2D eigenvalue weighted by molar-refractivity contribution is -0.113. The second-order valence-corrected chi connectivity index (χ2v) is 11.2. The van der Waals surface area contributed by atoms with Crippen LogP contribution in [-0.2, 0) is 17.6 Å². The van der Waals surface area contributed by atoms with Crippen LogP contribution in [0.15, 0.2) is 0 Å². The maximum absolute atomic E-state index is 12.6. The smallest absolute Gasteiger partial charge is 0.235 e. The van der Waals surface area contributed by atoms with Crippen LogP contribution < -0.4 is 5.32 Å². The standard InChI is InChI=1S/C20H24N2OS2/c21-10-16-15-2-1-3-17(15)25-19(16)22-18(23)11-24-20-7-12-4-13(8-20)6-14(5-12)9-20/h12-14H,1-9,11H2,(H,22,23). The second kappa shape index (κ2) is 6.03. The molecule has 1 aromatic heterocycles. The Morgan fingerprint density at radius 1 is 1.20 bits per heavy atom. The fourth-order valence-corrected chi connectivity index (χ4v) is 9.03. The summed E-state index contributed by atoms with van der Waals surface area (Å²) in [4.78, 5) is 13.9. The number of rotatable bonds is 4. The van der Waals surface area contributed by atoms with Crippen molar-refractivity contribution < 1.29 is 4.79 Å². The maximum Gasteiger partial charge on any atom is 0.235 e. The van der Waals surface area contributed by atoms with Crippen LogP contribution >= 0.6 is 23.1 Å². The van der Waals surface area contributed by atoms with Crippen LogP contribution in [-0.4, -0.2) is 16.4 Å². The number of hydrogen-bond donors (Lipinski definition) is 1. The van der Waals surface area contributed by atoms with Crippen molar-refractivity contribution >= 4 is 34.0 Å². The number of anilines is 1. The van der Waals surface area contributed by atoms with Crippen molar-refractivity contribution in [2.24, 2.45) is 17.8 Å². The maximum atomic E-state index is 12.6. The predicted octanol–water partition coefficient (Wildman–Crippen LogP) is 4.75. The Labute approximate surface area is 157 Å². The molecule has 1 aromatic rings. The molecule has 0 aliphatic heterocycles. The molecular weight excluding hydrogens is 348 g/mol. The van der Waals surface area contributed by atoms with Gasteiger partial charge in [0.15, 0.2) is 0 Å². The first kappa shape index (κ1) is 16.2. The molecule has 132 valence electrons. The third kappa shape index (κ3) is 2.82. The van der Waals surface area contributed by atoms with Crippen LogP contribution in [0.4, 0.5) is 5.00 Å². The van der Waals surface area contributed by atoms with Crippen molar-refractivity contribution in [3.8, 4) is 6.07 Å². The van der Waals surface area contributed by atoms with Gasteiger partial charge in [-0.2, -0.15) is 5.26 Å². The van der Waals surface area contributed by atoms with Gasteiger partial charge in [0.2, 0.25) is 5.91 Å². The quantitative estimate of drug-likeness (QED) is 0.830. The monoisotopic (exact) mass is 372 g/mol. The van der Waals surface area contributed by atoms with E-state index < -0.39 is 0 Å². The highest BCUT2D eigenvalue weighted by Gasteiger charge is 2.51. The first-order valence-electron chi connectivity index (χ1n) is 9.62. The molecule has 3 nitrogen and oxygen atoms in total. The summed E-state index contributed by atoms with van der Waals surface area (Å²) in [6, 6.07) is 2.32. The van der Waals surface area contributed by atoms with Crippen LogP contribution in [0.2, 0.25) is 0 Å². The lowest BCUT2D eigenvalue weighted by Crippen LogP contribution is -2.49. The van der Waals surface area contributed by atoms with E-state index in [0.717, 1.165) is 47.6 Å². The van der Waals surface area contributed by atoms with Gasteiger partial charge >= 0.3 is 0 Å². The molecule has 0 atom stereocenters. The van der Waals surface area contributed by atoms with E-state index in [0.29, 0.717) is 10.5 Å². The van der Waals surface area contributed by atoms with Gasteiger partial charge in [-0.3, -0.25) is 4.79 Å². The number of carbonyl (C=O) groups excluding carboxylic acids is 1. The van der Waals surface area contributed by atoms with Crippen molar-refractivity contribution in [2.75, 3.05) is 11.1 Å². The van der Waals surface area contributed by atoms with Crippen molar-refractivity contribution in [1.29, 1.82) is 5.26 Å². The van der Waals surface area contributed by atoms with E-state index in [-0.39, 0.29) is 5.91 Å². The van der Waals surface area contributed by atoms with E-state index in [4.69, 9.17) is 0 Å². The number of thioether (sulfide) groups is 1. The average Bonchev–Trinajstić information content (AvgIpc) is 3.12. The molecule has 0 unspecified atom stereocenters. The molecule has 0 spiro atoms. The highest BCUT2D eigenvalue weighted by Crippen LogP contribution is 2.60. The molecule has 4 bridgehead atoms. The molecule has 5 heteroatoms. The zero-order valence-corrected chi connectivity index (χ0v) is 16.1. The number of thiophene rings is 1. The molecular formula is C20H24N2OS2. The molecule has 0 radical (unpaired) electrons. The van der Waals surface area contributed by atoms with E-state index in [1.807, 2.05) is 11.8 Å². The van der Waals surface area contributed by atoms with Gasteiger partial charge in [-0.05, 0) is 81.1 Å². The van der Waals surface area contributed by atoms with E-state index in [1.165, 1.54) is 49.0 Å². The molecule has 6 rings (SSSR count). The summed E-state index contributed by atoms with van der Waals surface area (Å²) in [5.74, 6) is 3.39. The normalized spacial score (nSPS) is 34.8. The zero-order chi connectivity index (χ0) is 17.0. The minimum atomic E-state index is 0.0807. The Morgan fingerprint density at radius 3 is 2.52 bits per heavy atom. The van der Waals surface area contributed by atoms with Gasteiger partial charge in [-0.1, -0.05) is 0 Å². The molecule has 1 heterocycles. The van der Waals surface area contributed by atoms with Gasteiger partial charge in [0, 0.05) is 9.62 Å². The summed E-state index contributed by atoms with van der Waals surface area (Å²) in [5, 5.41) is 13.3. The van der Waals surface area contributed by atoms with E-state index in [2.05, 4.69) is 11.4 Å². The number of nitrogens with zero attached hydrogens (tertiary/aromatic N) is 1. The molecule has 5 aliphatic rings. The van der Waals surface area contributed by atoms with Crippen molar-refractivity contribution in [3.63, 3.8) is 0 Å². The van der Waals surface area contributed by atoms with Crippen molar-refractivity contribution in [1.82, 2.24) is 0 Å². The number of nitriles is 1. The summed E-state index contributed by atoms with van der Waals surface area (Å²) in [6.45, 7) is 0. The first-order valence-corrected chi connectivity index (χ1v) is 11.4. The Morgan fingerprint density at radius 2 is 1.88 bits per heavy atom. The lowest BCUT2D eigenvalue weighted by Gasteiger charge is -2.56. The van der Waals surface area contributed by atoms with E-state index >= 15 is 0 Å². The third-order valence-electron chi connectivity index (χ3n) is 6.78. The Bertz CT molecular complexity index is 725. The van der Waals surface area contributed by atoms with E-state index in [1.54, 1.807) is 11.3 Å². The summed E-state index contributed by atoms with van der Waals surface area (Å²) >= 11 is 3.54. The summed E-state index contributed by atoms with van der Waals surface area (Å²) in [5.41, 5.74) is 1.92. The SMILES string of the molecule is N#Cc1c(NC(=O)CSC23CC4CC(CC(C4)C2)C3)sc2c1CCC2. The topological polar surface area (TPSA) is 52.9 Å². The number of aryl methyl sites for hydroxylation is 1. The molecule has 4 saturated carbocycles. The molecule has 0 aromatic carbocycles. The Balaban J connectivity index is 1.24. The minimum absolute atomic E-state index is 0.0807. The molecule has 25 heavy (non-hydrogen) atoms. The number of carbonyl (C=O) groups is 1. The molecule has 0 saturated heterocycles. The molecule has 1 N–H and O–H groups in total. The van der Waals surface area contributed by atoms with Crippen LogP contribution in [0.3, 0.4) is 0 Å². The number of amides is 1. The first-order chi connectivity index (χ1) is 12.1. The third-order valence-corrected chi connectivity index (χ3v) is 9.50. The van der Waals surface area contributed by atoms with Crippen LogP contribution in [0, 0.1) is 29.1 Å². The highest BCUT2D eigenvalue weighted by molar-refractivity contribution is 8.01. The Hall–Kier alpha value is -0.990. The Kier molecular flexibility index (Phi) is 3.91. The van der Waals surface area contributed by atoms with Gasteiger partial charge in [-0.15, -0.1) is 23.1 Å². The van der Waals surface area contributed by atoms with Gasteiger partial charge < -0.3 is 5.32 Å². The summed E-state index contributed by atoms with van der Waals surface area (Å²) < 4.78 is 0.376. The van der Waals surface area contributed by atoms with Crippen LogP contribution in [0.5, 0.6) is 0 Å². The molecule has 5 aliphatic carbocycles. The van der Waals surface area contributed by atoms with Gasteiger partial charge in [-0.25, -0.2) is 0 Å². The van der Waals surface area contributed by atoms with Gasteiger partial charge in [0.05, 0.1) is 11.3 Å². The lowest BCUT2D eigenvalue weighted by atomic mass is 9.56. The highest BCUT2D eigenvalue weighted by atomic mass is 32.2. The molecule has 1 amide bonds. The average molecular weight is 373 g/mol. The fourth-order valence-electron chi connectivity index (χ4n) is 6.20. The number of fused-ring (bicyclic) bond motifs is 1. The molecule has 4 fully saturated rings. The van der Waals surface area contributed by atoms with Crippen LogP contribution in [0.25, 0.3) is 0 Å². The van der Waals surface area contributed by atoms with E-state index in [9.17, 15) is 10.1 Å². The fraction of sp³-hybridized carbons (Fsp3) is 0.700. The van der Waals surface area contributed by atoms with Crippen molar-refractivity contribution in [3.05, 3.63) is 16.0 Å². The van der Waals surface area contributed by atoms with Crippen molar-refractivity contribution in [2.45, 2.75) is 62.5 Å². The second-order valence-electron chi connectivity index (χ2n) is 8.61.